The Bertz CT molecular complexity index is 1240. The van der Waals surface area contributed by atoms with Crippen LogP contribution in [0.5, 0.6) is 0 Å². The number of aryl methyl sites for hydroxylation is 1. The average Bonchev–Trinajstić information content (AvgIpc) is 3.01. The molecule has 5 heteroatoms. The highest BCUT2D eigenvalue weighted by molar-refractivity contribution is 14.1. The Morgan fingerprint density at radius 1 is 1.00 bits per heavy atom. The largest absolute Gasteiger partial charge is 0.340 e. The van der Waals surface area contributed by atoms with E-state index in [1.54, 1.807) is 12.3 Å². The summed E-state index contributed by atoms with van der Waals surface area (Å²) in [6.45, 7) is 4.80. The van der Waals surface area contributed by atoms with E-state index in [4.69, 9.17) is 0 Å². The lowest BCUT2D eigenvalue weighted by Gasteiger charge is -2.09. The smallest absolute Gasteiger partial charge is 0.271 e. The third kappa shape index (κ3) is 4.16. The van der Waals surface area contributed by atoms with Gasteiger partial charge in [0, 0.05) is 37.8 Å². The van der Waals surface area contributed by atoms with E-state index in [9.17, 15) is 4.79 Å². The Balaban J connectivity index is 1.63. The summed E-state index contributed by atoms with van der Waals surface area (Å²) in [5.74, 6) is -0.204. The standard InChI is InChI=1S/C25H22IN3O/c1-17-7-3-4-8-21(17)25(30)28-27-15-23-18(2)29(24-10-6-5-9-22(23)24)16-19-11-13-20(26)14-12-19/h3-15H,16H2,1-2H3,(H,28,30)/b27-15-. The number of benzene rings is 3. The number of rotatable bonds is 5. The minimum absolute atomic E-state index is 0.204. The van der Waals surface area contributed by atoms with Gasteiger partial charge < -0.3 is 4.57 Å². The maximum absolute atomic E-state index is 12.4. The van der Waals surface area contributed by atoms with E-state index in [2.05, 4.69) is 81.0 Å². The van der Waals surface area contributed by atoms with E-state index < -0.39 is 0 Å². The molecule has 150 valence electrons. The minimum atomic E-state index is -0.204. The normalized spacial score (nSPS) is 11.3. The number of carbonyl (C=O) groups is 1. The Labute approximate surface area is 189 Å². The molecule has 0 saturated heterocycles. The Morgan fingerprint density at radius 2 is 1.70 bits per heavy atom. The first-order chi connectivity index (χ1) is 14.5. The Hall–Kier alpha value is -2.93. The summed E-state index contributed by atoms with van der Waals surface area (Å²) < 4.78 is 3.52. The molecule has 3 aromatic carbocycles. The van der Waals surface area contributed by atoms with Crippen LogP contribution in [0.3, 0.4) is 0 Å². The Kier molecular flexibility index (Phi) is 5.99. The maximum atomic E-state index is 12.4. The molecule has 1 heterocycles. The molecule has 0 bridgehead atoms. The maximum Gasteiger partial charge on any atom is 0.271 e. The fourth-order valence-corrected chi connectivity index (χ4v) is 4.00. The van der Waals surface area contributed by atoms with E-state index in [0.717, 1.165) is 34.3 Å². The highest BCUT2D eigenvalue weighted by Crippen LogP contribution is 2.25. The zero-order chi connectivity index (χ0) is 21.1. The number of hydrogen-bond acceptors (Lipinski definition) is 2. The van der Waals surface area contributed by atoms with Crippen molar-refractivity contribution in [1.82, 2.24) is 9.99 Å². The van der Waals surface area contributed by atoms with Crippen molar-refractivity contribution >= 4 is 45.6 Å². The van der Waals surface area contributed by atoms with Crippen LogP contribution in [-0.4, -0.2) is 16.7 Å². The number of carbonyl (C=O) groups excluding carboxylic acids is 1. The van der Waals surface area contributed by atoms with Crippen LogP contribution in [0.15, 0.2) is 77.9 Å². The molecule has 0 aliphatic heterocycles. The highest BCUT2D eigenvalue weighted by Gasteiger charge is 2.13. The van der Waals surface area contributed by atoms with Crippen molar-refractivity contribution in [2.45, 2.75) is 20.4 Å². The second-order valence-electron chi connectivity index (χ2n) is 7.24. The van der Waals surface area contributed by atoms with Crippen molar-refractivity contribution in [3.05, 3.63) is 104 Å². The number of nitrogens with one attached hydrogen (secondary N) is 1. The van der Waals surface area contributed by atoms with Gasteiger partial charge in [-0.05, 0) is 71.8 Å². The monoisotopic (exact) mass is 507 g/mol. The van der Waals surface area contributed by atoms with Crippen molar-refractivity contribution in [3.8, 4) is 0 Å². The van der Waals surface area contributed by atoms with Crippen molar-refractivity contribution in [1.29, 1.82) is 0 Å². The molecule has 4 aromatic rings. The predicted molar refractivity (Wildman–Crippen MR) is 131 cm³/mol. The number of nitrogens with zero attached hydrogens (tertiary/aromatic N) is 2. The van der Waals surface area contributed by atoms with Crippen molar-refractivity contribution in [2.75, 3.05) is 0 Å². The number of para-hydroxylation sites is 1. The second kappa shape index (κ2) is 8.83. The summed E-state index contributed by atoms with van der Waals surface area (Å²) in [4.78, 5) is 12.4. The van der Waals surface area contributed by atoms with Crippen LogP contribution in [0.25, 0.3) is 10.9 Å². The zero-order valence-electron chi connectivity index (χ0n) is 16.9. The molecule has 0 saturated carbocycles. The van der Waals surface area contributed by atoms with Crippen LogP contribution in [-0.2, 0) is 6.54 Å². The van der Waals surface area contributed by atoms with Gasteiger partial charge in [0.2, 0.25) is 0 Å². The first-order valence-corrected chi connectivity index (χ1v) is 10.8. The van der Waals surface area contributed by atoms with Gasteiger partial charge >= 0.3 is 0 Å². The highest BCUT2D eigenvalue weighted by atomic mass is 127. The first-order valence-electron chi connectivity index (χ1n) is 9.76. The molecule has 0 spiro atoms. The molecule has 0 aliphatic carbocycles. The lowest BCUT2D eigenvalue weighted by atomic mass is 10.1. The van der Waals surface area contributed by atoms with Gasteiger partial charge in [-0.2, -0.15) is 5.10 Å². The van der Waals surface area contributed by atoms with Crippen LogP contribution in [0.1, 0.15) is 32.7 Å². The third-order valence-corrected chi connectivity index (χ3v) is 6.00. The molecule has 4 rings (SSSR count). The van der Waals surface area contributed by atoms with Crippen LogP contribution in [0, 0.1) is 17.4 Å². The van der Waals surface area contributed by atoms with Gasteiger partial charge in [-0.1, -0.05) is 48.5 Å². The topological polar surface area (TPSA) is 46.4 Å². The van der Waals surface area contributed by atoms with Crippen molar-refractivity contribution < 1.29 is 4.79 Å². The Morgan fingerprint density at radius 3 is 2.47 bits per heavy atom. The van der Waals surface area contributed by atoms with E-state index in [-0.39, 0.29) is 5.91 Å². The SMILES string of the molecule is Cc1ccccc1C(=O)N/N=C\c1c(C)n(Cc2ccc(I)cc2)c2ccccc12. The van der Waals surface area contributed by atoms with Crippen molar-refractivity contribution in [3.63, 3.8) is 0 Å². The summed E-state index contributed by atoms with van der Waals surface area (Å²) in [7, 11) is 0. The van der Waals surface area contributed by atoms with Crippen LogP contribution in [0.4, 0.5) is 0 Å². The summed E-state index contributed by atoms with van der Waals surface area (Å²) in [5.41, 5.74) is 8.75. The van der Waals surface area contributed by atoms with Gasteiger partial charge in [-0.3, -0.25) is 4.79 Å². The lowest BCUT2D eigenvalue weighted by molar-refractivity contribution is 0.0954. The molecule has 30 heavy (non-hydrogen) atoms. The van der Waals surface area contributed by atoms with Crippen LogP contribution >= 0.6 is 22.6 Å². The molecule has 1 aromatic heterocycles. The van der Waals surface area contributed by atoms with Gasteiger partial charge in [0.05, 0.1) is 6.21 Å². The molecule has 0 atom stereocenters. The molecular weight excluding hydrogens is 485 g/mol. The summed E-state index contributed by atoms with van der Waals surface area (Å²) in [6, 6.07) is 24.4. The fraction of sp³-hybridized carbons (Fsp3) is 0.120. The van der Waals surface area contributed by atoms with Gasteiger partial charge in [-0.15, -0.1) is 0 Å². The number of aromatic nitrogens is 1. The van der Waals surface area contributed by atoms with Gasteiger partial charge in [0.1, 0.15) is 0 Å². The van der Waals surface area contributed by atoms with Crippen LogP contribution in [0.2, 0.25) is 0 Å². The summed E-state index contributed by atoms with van der Waals surface area (Å²) in [6.07, 6.45) is 1.75. The van der Waals surface area contributed by atoms with Crippen molar-refractivity contribution in [2.24, 2.45) is 5.10 Å². The average molecular weight is 507 g/mol. The fourth-order valence-electron chi connectivity index (χ4n) is 3.64. The van der Waals surface area contributed by atoms with Gasteiger partial charge in [-0.25, -0.2) is 5.43 Å². The molecule has 0 aliphatic rings. The quantitative estimate of drug-likeness (QED) is 0.211. The molecule has 1 amide bonds. The lowest BCUT2D eigenvalue weighted by Crippen LogP contribution is -2.18. The molecular formula is C25H22IN3O. The predicted octanol–water partition coefficient (Wildman–Crippen LogP) is 5.67. The third-order valence-electron chi connectivity index (χ3n) is 5.28. The number of amides is 1. The van der Waals surface area contributed by atoms with E-state index in [0.29, 0.717) is 5.56 Å². The molecule has 0 radical (unpaired) electrons. The second-order valence-corrected chi connectivity index (χ2v) is 8.49. The molecule has 1 N–H and O–H groups in total. The van der Waals surface area contributed by atoms with E-state index in [1.807, 2.05) is 37.3 Å². The molecule has 0 fully saturated rings. The minimum Gasteiger partial charge on any atom is -0.340 e. The number of fused-ring (bicyclic) bond motifs is 1. The number of hydrazone groups is 1. The van der Waals surface area contributed by atoms with Gasteiger partial charge in [0.15, 0.2) is 0 Å². The summed E-state index contributed by atoms with van der Waals surface area (Å²) >= 11 is 2.32. The van der Waals surface area contributed by atoms with Crippen LogP contribution < -0.4 is 5.43 Å². The van der Waals surface area contributed by atoms with Gasteiger partial charge in [0.25, 0.3) is 5.91 Å². The number of halogens is 1. The molecule has 4 nitrogen and oxygen atoms in total. The first kappa shape index (κ1) is 20.3. The van der Waals surface area contributed by atoms with E-state index >= 15 is 0 Å². The van der Waals surface area contributed by atoms with E-state index in [1.165, 1.54) is 9.13 Å². The molecule has 0 unspecified atom stereocenters. The zero-order valence-corrected chi connectivity index (χ0v) is 19.1. The summed E-state index contributed by atoms with van der Waals surface area (Å²) in [5, 5.41) is 5.38. The number of hydrogen-bond donors (Lipinski definition) is 1.